The van der Waals surface area contributed by atoms with Crippen molar-refractivity contribution in [1.29, 1.82) is 0 Å². The Balaban J connectivity index is 2.55. The van der Waals surface area contributed by atoms with E-state index in [9.17, 15) is 0 Å². The van der Waals surface area contributed by atoms with E-state index in [0.717, 1.165) is 0 Å². The summed E-state index contributed by atoms with van der Waals surface area (Å²) in [5, 5.41) is 8.02. The van der Waals surface area contributed by atoms with E-state index in [1.54, 1.807) is 13.2 Å². The summed E-state index contributed by atoms with van der Waals surface area (Å²) in [5.41, 5.74) is 6.80. The van der Waals surface area contributed by atoms with Gasteiger partial charge in [-0.15, -0.1) is 0 Å². The average molecular weight is 255 g/mol. The minimum atomic E-state index is 0.341. The third-order valence-corrected chi connectivity index (χ3v) is 2.00. The topological polar surface area (TPSA) is 82.5 Å². The lowest BCUT2D eigenvalue weighted by Crippen LogP contribution is -1.98. The van der Waals surface area contributed by atoms with Crippen LogP contribution in [0.3, 0.4) is 0 Å². The van der Waals surface area contributed by atoms with Gasteiger partial charge in [0.2, 0.25) is 0 Å². The lowest BCUT2D eigenvalue weighted by molar-refractivity contribution is 0.655. The number of hydrogen-bond donors (Lipinski definition) is 1. The monoisotopic (exact) mass is 254 g/mol. The number of aryl methyl sites for hydroxylation is 1. The molecule has 2 rings (SSSR count). The molecule has 0 amide bonds. The highest BCUT2D eigenvalue weighted by molar-refractivity contribution is 9.10. The first-order valence-electron chi connectivity index (χ1n) is 3.81. The van der Waals surface area contributed by atoms with Gasteiger partial charge in [0.05, 0.1) is 12.4 Å². The molecule has 72 valence electrons. The van der Waals surface area contributed by atoms with Gasteiger partial charge in [0.15, 0.2) is 5.82 Å². The van der Waals surface area contributed by atoms with Crippen molar-refractivity contribution in [1.82, 2.24) is 25.0 Å². The summed E-state index contributed by atoms with van der Waals surface area (Å²) in [6.45, 7) is 0. The van der Waals surface area contributed by atoms with E-state index in [-0.39, 0.29) is 0 Å². The van der Waals surface area contributed by atoms with Crippen molar-refractivity contribution in [2.24, 2.45) is 7.05 Å². The van der Waals surface area contributed by atoms with E-state index < -0.39 is 0 Å². The van der Waals surface area contributed by atoms with Gasteiger partial charge in [-0.2, -0.15) is 15.0 Å². The molecule has 2 aromatic rings. The highest BCUT2D eigenvalue weighted by Gasteiger charge is 2.09. The fourth-order valence-corrected chi connectivity index (χ4v) is 1.30. The highest BCUT2D eigenvalue weighted by Crippen LogP contribution is 2.20. The number of aromatic nitrogens is 5. The van der Waals surface area contributed by atoms with Crippen molar-refractivity contribution in [2.45, 2.75) is 0 Å². The predicted molar refractivity (Wildman–Crippen MR) is 54.1 cm³/mol. The molecule has 0 saturated heterocycles. The first kappa shape index (κ1) is 9.07. The number of nitrogen functional groups attached to an aromatic ring is 1. The molecule has 2 N–H and O–H groups in total. The van der Waals surface area contributed by atoms with Crippen LogP contribution < -0.4 is 5.73 Å². The van der Waals surface area contributed by atoms with E-state index in [2.05, 4.69) is 36.1 Å². The molecule has 0 fully saturated rings. The maximum Gasteiger partial charge on any atom is 0.151 e. The van der Waals surface area contributed by atoms with E-state index in [1.807, 2.05) is 0 Å². The van der Waals surface area contributed by atoms with Crippen molar-refractivity contribution in [3.05, 3.63) is 17.0 Å². The summed E-state index contributed by atoms with van der Waals surface area (Å²) in [6, 6.07) is 0. The lowest BCUT2D eigenvalue weighted by atomic mass is 10.3. The molecule has 2 aromatic heterocycles. The largest absolute Gasteiger partial charge is 0.382 e. The number of hydrogen-bond acceptors (Lipinski definition) is 5. The van der Waals surface area contributed by atoms with Gasteiger partial charge >= 0.3 is 0 Å². The van der Waals surface area contributed by atoms with Gasteiger partial charge in [0.25, 0.3) is 0 Å². The summed E-state index contributed by atoms with van der Waals surface area (Å²) < 4.78 is 0.618. The fourth-order valence-electron chi connectivity index (χ4n) is 1.02. The Hall–Kier alpha value is -1.50. The maximum atomic E-state index is 5.66. The molecule has 0 spiro atoms. The Morgan fingerprint density at radius 2 is 2.21 bits per heavy atom. The zero-order chi connectivity index (χ0) is 10.1. The minimum Gasteiger partial charge on any atom is -0.382 e. The van der Waals surface area contributed by atoms with Crippen molar-refractivity contribution in [3.63, 3.8) is 0 Å². The van der Waals surface area contributed by atoms with E-state index in [0.29, 0.717) is 21.8 Å². The number of nitrogens with two attached hydrogens (primary N) is 1. The molecular formula is C7H7BrN6. The van der Waals surface area contributed by atoms with E-state index >= 15 is 0 Å². The van der Waals surface area contributed by atoms with Crippen LogP contribution >= 0.6 is 15.9 Å². The summed E-state index contributed by atoms with van der Waals surface area (Å²) >= 11 is 3.22. The molecule has 0 aliphatic carbocycles. The lowest BCUT2D eigenvalue weighted by Gasteiger charge is -1.99. The van der Waals surface area contributed by atoms with Crippen molar-refractivity contribution in [3.8, 4) is 11.4 Å². The van der Waals surface area contributed by atoms with Gasteiger partial charge in [0.1, 0.15) is 16.0 Å². The van der Waals surface area contributed by atoms with Crippen molar-refractivity contribution >= 4 is 21.7 Å². The summed E-state index contributed by atoms with van der Waals surface area (Å²) in [5.74, 6) is 0.341. The van der Waals surface area contributed by atoms with Crippen LogP contribution in [0, 0.1) is 0 Å². The second kappa shape index (κ2) is 3.33. The van der Waals surface area contributed by atoms with Crippen molar-refractivity contribution < 1.29 is 0 Å². The first-order chi connectivity index (χ1) is 6.66. The van der Waals surface area contributed by atoms with Crippen LogP contribution in [0.5, 0.6) is 0 Å². The van der Waals surface area contributed by atoms with Crippen molar-refractivity contribution in [2.75, 3.05) is 5.73 Å². The molecule has 6 nitrogen and oxygen atoms in total. The molecule has 0 radical (unpaired) electrons. The zero-order valence-corrected chi connectivity index (χ0v) is 8.93. The Morgan fingerprint density at radius 3 is 2.86 bits per heavy atom. The third-order valence-electron chi connectivity index (χ3n) is 1.61. The molecular weight excluding hydrogens is 248 g/mol. The van der Waals surface area contributed by atoms with Crippen LogP contribution in [0.25, 0.3) is 11.4 Å². The quantitative estimate of drug-likeness (QED) is 0.807. The van der Waals surface area contributed by atoms with Gasteiger partial charge in [-0.3, -0.25) is 0 Å². The molecule has 0 aliphatic rings. The first-order valence-corrected chi connectivity index (χ1v) is 4.61. The van der Waals surface area contributed by atoms with Gasteiger partial charge in [-0.05, 0) is 15.9 Å². The van der Waals surface area contributed by atoms with Gasteiger partial charge in [0, 0.05) is 7.05 Å². The molecule has 7 heteroatoms. The molecule has 0 saturated carbocycles. The SMILES string of the molecule is Cn1ncc(-c2nc(Br)cnc2N)n1. The summed E-state index contributed by atoms with van der Waals surface area (Å²) in [4.78, 5) is 9.57. The summed E-state index contributed by atoms with van der Waals surface area (Å²) in [6.07, 6.45) is 3.13. The predicted octanol–water partition coefficient (Wildman–Crippen LogP) is 0.617. The molecule has 0 aromatic carbocycles. The van der Waals surface area contributed by atoms with Crippen LogP contribution in [0.15, 0.2) is 17.0 Å². The van der Waals surface area contributed by atoms with E-state index in [4.69, 9.17) is 5.73 Å². The van der Waals surface area contributed by atoms with Crippen LogP contribution in [0.2, 0.25) is 0 Å². The van der Waals surface area contributed by atoms with Crippen LogP contribution in [-0.4, -0.2) is 25.0 Å². The standard InChI is InChI=1S/C7H7BrN6/c1-14-11-2-4(13-14)6-7(9)10-3-5(8)12-6/h2-3H,1H3,(H2,9,10). The van der Waals surface area contributed by atoms with Crippen LogP contribution in [0.4, 0.5) is 5.82 Å². The smallest absolute Gasteiger partial charge is 0.151 e. The Kier molecular flexibility index (Phi) is 2.16. The van der Waals surface area contributed by atoms with E-state index in [1.165, 1.54) is 11.0 Å². The second-order valence-corrected chi connectivity index (χ2v) is 3.46. The highest BCUT2D eigenvalue weighted by atomic mass is 79.9. The molecule has 0 aliphatic heterocycles. The molecule has 14 heavy (non-hydrogen) atoms. The second-order valence-electron chi connectivity index (χ2n) is 2.65. The van der Waals surface area contributed by atoms with Gasteiger partial charge < -0.3 is 5.73 Å². The molecule has 0 bridgehead atoms. The molecule has 0 unspecified atom stereocenters. The maximum absolute atomic E-state index is 5.66. The number of anilines is 1. The summed E-state index contributed by atoms with van der Waals surface area (Å²) in [7, 11) is 1.73. The number of halogens is 1. The number of rotatable bonds is 1. The molecule has 2 heterocycles. The fraction of sp³-hybridized carbons (Fsp3) is 0.143. The molecule has 0 atom stereocenters. The normalized spacial score (nSPS) is 10.4. The Morgan fingerprint density at radius 1 is 1.43 bits per heavy atom. The Labute approximate surface area is 88.3 Å². The average Bonchev–Trinajstić information content (AvgIpc) is 2.56. The van der Waals surface area contributed by atoms with Crippen LogP contribution in [-0.2, 0) is 7.05 Å². The minimum absolute atomic E-state index is 0.341. The van der Waals surface area contributed by atoms with Gasteiger partial charge in [-0.1, -0.05) is 0 Å². The van der Waals surface area contributed by atoms with Gasteiger partial charge in [-0.25, -0.2) is 9.97 Å². The van der Waals surface area contributed by atoms with Crippen LogP contribution in [0.1, 0.15) is 0 Å². The zero-order valence-electron chi connectivity index (χ0n) is 7.35. The number of nitrogens with zero attached hydrogens (tertiary/aromatic N) is 5. The third kappa shape index (κ3) is 1.58. The Bertz CT molecular complexity index is 465.